The van der Waals surface area contributed by atoms with Crippen LogP contribution in [0.1, 0.15) is 29.0 Å². The molecule has 8 heteroatoms. The van der Waals surface area contributed by atoms with Gasteiger partial charge in [-0.3, -0.25) is 9.48 Å². The Morgan fingerprint density at radius 1 is 1.32 bits per heavy atom. The SMILES string of the molecule is Cc1cc(C(=O)NC2CCN(c3ncnc4[nH]ccc34)CC2)n(C)n1. The predicted octanol–water partition coefficient (Wildman–Crippen LogP) is 1.40. The van der Waals surface area contributed by atoms with Gasteiger partial charge in [0.05, 0.1) is 11.1 Å². The Hall–Kier alpha value is -2.90. The summed E-state index contributed by atoms with van der Waals surface area (Å²) < 4.78 is 1.63. The van der Waals surface area contributed by atoms with Crippen molar-refractivity contribution in [2.75, 3.05) is 18.0 Å². The molecule has 0 radical (unpaired) electrons. The van der Waals surface area contributed by atoms with Crippen molar-refractivity contribution in [1.82, 2.24) is 30.0 Å². The Labute approximate surface area is 145 Å². The van der Waals surface area contributed by atoms with Crippen LogP contribution in [0.5, 0.6) is 0 Å². The Morgan fingerprint density at radius 2 is 2.12 bits per heavy atom. The van der Waals surface area contributed by atoms with Crippen LogP contribution >= 0.6 is 0 Å². The molecule has 25 heavy (non-hydrogen) atoms. The number of aryl methyl sites for hydroxylation is 2. The monoisotopic (exact) mass is 339 g/mol. The van der Waals surface area contributed by atoms with Crippen LogP contribution in [0.2, 0.25) is 0 Å². The summed E-state index contributed by atoms with van der Waals surface area (Å²) in [5, 5.41) is 8.40. The van der Waals surface area contributed by atoms with E-state index in [1.54, 1.807) is 18.1 Å². The third-order valence-corrected chi connectivity index (χ3v) is 4.70. The lowest BCUT2D eigenvalue weighted by Gasteiger charge is -2.33. The molecule has 4 rings (SSSR count). The van der Waals surface area contributed by atoms with Gasteiger partial charge in [-0.25, -0.2) is 9.97 Å². The Bertz CT molecular complexity index is 905. The molecule has 0 unspecified atom stereocenters. The standard InChI is InChI=1S/C17H21N7O/c1-11-9-14(23(2)22-11)17(25)21-12-4-7-24(8-5-12)16-13-3-6-18-15(13)19-10-20-16/h3,6,9-10,12H,4-5,7-8H2,1-2H3,(H,21,25)(H,18,19,20). The number of amides is 1. The van der Waals surface area contributed by atoms with Gasteiger partial charge in [-0.15, -0.1) is 0 Å². The van der Waals surface area contributed by atoms with Gasteiger partial charge in [0.15, 0.2) is 0 Å². The van der Waals surface area contributed by atoms with Gasteiger partial charge in [0, 0.05) is 32.4 Å². The number of aromatic nitrogens is 5. The molecule has 8 nitrogen and oxygen atoms in total. The van der Waals surface area contributed by atoms with Crippen molar-refractivity contribution in [2.45, 2.75) is 25.8 Å². The number of anilines is 1. The number of hydrogen-bond acceptors (Lipinski definition) is 5. The first-order valence-corrected chi connectivity index (χ1v) is 8.46. The van der Waals surface area contributed by atoms with Gasteiger partial charge in [-0.2, -0.15) is 5.10 Å². The molecule has 1 aliphatic rings. The fourth-order valence-electron chi connectivity index (χ4n) is 3.43. The second-order valence-corrected chi connectivity index (χ2v) is 6.47. The number of piperidine rings is 1. The van der Waals surface area contributed by atoms with Crippen molar-refractivity contribution in [3.8, 4) is 0 Å². The van der Waals surface area contributed by atoms with Gasteiger partial charge in [0.2, 0.25) is 0 Å². The van der Waals surface area contributed by atoms with Crippen LogP contribution in [0.4, 0.5) is 5.82 Å². The number of H-pyrrole nitrogens is 1. The zero-order valence-electron chi connectivity index (χ0n) is 14.4. The van der Waals surface area contributed by atoms with E-state index >= 15 is 0 Å². The van der Waals surface area contributed by atoms with Crippen molar-refractivity contribution in [3.63, 3.8) is 0 Å². The topological polar surface area (TPSA) is 91.7 Å². The smallest absolute Gasteiger partial charge is 0.269 e. The second-order valence-electron chi connectivity index (χ2n) is 6.47. The minimum Gasteiger partial charge on any atom is -0.356 e. The van der Waals surface area contributed by atoms with Crippen molar-refractivity contribution < 1.29 is 4.79 Å². The maximum atomic E-state index is 12.4. The normalized spacial score (nSPS) is 15.7. The van der Waals surface area contributed by atoms with Crippen LogP contribution in [0.15, 0.2) is 24.7 Å². The van der Waals surface area contributed by atoms with E-state index in [1.807, 2.05) is 25.3 Å². The molecule has 2 N–H and O–H groups in total. The summed E-state index contributed by atoms with van der Waals surface area (Å²) in [7, 11) is 1.79. The molecular formula is C17H21N7O. The minimum atomic E-state index is -0.0587. The average molecular weight is 339 g/mol. The molecule has 0 aliphatic carbocycles. The second kappa shape index (κ2) is 6.19. The van der Waals surface area contributed by atoms with Crippen molar-refractivity contribution in [3.05, 3.63) is 36.0 Å². The van der Waals surface area contributed by atoms with E-state index in [-0.39, 0.29) is 11.9 Å². The molecule has 0 saturated carbocycles. The van der Waals surface area contributed by atoms with E-state index in [4.69, 9.17) is 0 Å². The molecule has 0 spiro atoms. The van der Waals surface area contributed by atoms with E-state index in [9.17, 15) is 4.79 Å². The fourth-order valence-corrected chi connectivity index (χ4v) is 3.43. The van der Waals surface area contributed by atoms with Crippen LogP contribution in [-0.4, -0.2) is 49.8 Å². The van der Waals surface area contributed by atoms with Crippen LogP contribution in [0.25, 0.3) is 11.0 Å². The summed E-state index contributed by atoms with van der Waals surface area (Å²) in [6.45, 7) is 3.60. The number of carbonyl (C=O) groups excluding carboxylic acids is 1. The number of aromatic amines is 1. The first-order valence-electron chi connectivity index (χ1n) is 8.46. The highest BCUT2D eigenvalue weighted by atomic mass is 16.2. The minimum absolute atomic E-state index is 0.0587. The van der Waals surface area contributed by atoms with E-state index in [0.29, 0.717) is 5.69 Å². The molecule has 1 amide bonds. The Kier molecular flexibility index (Phi) is 3.87. The van der Waals surface area contributed by atoms with E-state index in [0.717, 1.165) is 48.5 Å². The zero-order chi connectivity index (χ0) is 17.4. The first kappa shape index (κ1) is 15.6. The van der Waals surface area contributed by atoms with Crippen LogP contribution in [0, 0.1) is 6.92 Å². The molecule has 130 valence electrons. The van der Waals surface area contributed by atoms with Gasteiger partial charge < -0.3 is 15.2 Å². The van der Waals surface area contributed by atoms with Crippen molar-refractivity contribution in [1.29, 1.82) is 0 Å². The number of carbonyl (C=O) groups is 1. The summed E-state index contributed by atoms with van der Waals surface area (Å²) in [6.07, 6.45) is 5.25. The van der Waals surface area contributed by atoms with Crippen molar-refractivity contribution >= 4 is 22.8 Å². The number of fused-ring (bicyclic) bond motifs is 1. The van der Waals surface area contributed by atoms with Crippen molar-refractivity contribution in [2.24, 2.45) is 7.05 Å². The van der Waals surface area contributed by atoms with E-state index in [2.05, 4.69) is 30.3 Å². The van der Waals surface area contributed by atoms with Crippen LogP contribution in [0.3, 0.4) is 0 Å². The molecule has 3 aromatic heterocycles. The maximum absolute atomic E-state index is 12.4. The van der Waals surface area contributed by atoms with E-state index in [1.165, 1.54) is 0 Å². The fraction of sp³-hybridized carbons (Fsp3) is 0.412. The third kappa shape index (κ3) is 2.95. The van der Waals surface area contributed by atoms with Gasteiger partial charge in [0.1, 0.15) is 23.5 Å². The summed E-state index contributed by atoms with van der Waals surface area (Å²) in [6, 6.07) is 3.99. The Balaban J connectivity index is 1.41. The van der Waals surface area contributed by atoms with E-state index < -0.39 is 0 Å². The first-order chi connectivity index (χ1) is 12.1. The van der Waals surface area contributed by atoms with Crippen LogP contribution in [-0.2, 0) is 7.05 Å². The lowest BCUT2D eigenvalue weighted by atomic mass is 10.0. The number of nitrogens with zero attached hydrogens (tertiary/aromatic N) is 5. The predicted molar refractivity (Wildman–Crippen MR) is 94.5 cm³/mol. The maximum Gasteiger partial charge on any atom is 0.269 e. The van der Waals surface area contributed by atoms with Gasteiger partial charge in [-0.1, -0.05) is 0 Å². The largest absolute Gasteiger partial charge is 0.356 e. The summed E-state index contributed by atoms with van der Waals surface area (Å²) in [4.78, 5) is 26.5. The number of nitrogens with one attached hydrogen (secondary N) is 2. The summed E-state index contributed by atoms with van der Waals surface area (Å²) in [5.74, 6) is 0.898. The lowest BCUT2D eigenvalue weighted by Crippen LogP contribution is -2.45. The Morgan fingerprint density at radius 3 is 2.84 bits per heavy atom. The highest BCUT2D eigenvalue weighted by molar-refractivity contribution is 5.93. The average Bonchev–Trinajstić information content (AvgIpc) is 3.21. The highest BCUT2D eigenvalue weighted by Gasteiger charge is 2.24. The number of rotatable bonds is 3. The molecule has 0 bridgehead atoms. The van der Waals surface area contributed by atoms with Gasteiger partial charge in [-0.05, 0) is 31.9 Å². The lowest BCUT2D eigenvalue weighted by molar-refractivity contribution is 0.0921. The quantitative estimate of drug-likeness (QED) is 0.752. The molecule has 3 aromatic rings. The molecule has 1 saturated heterocycles. The molecular weight excluding hydrogens is 318 g/mol. The zero-order valence-corrected chi connectivity index (χ0v) is 14.4. The molecule has 0 atom stereocenters. The van der Waals surface area contributed by atoms with Gasteiger partial charge in [0.25, 0.3) is 5.91 Å². The third-order valence-electron chi connectivity index (χ3n) is 4.70. The van der Waals surface area contributed by atoms with Gasteiger partial charge >= 0.3 is 0 Å². The molecule has 1 aliphatic heterocycles. The number of hydrogen-bond donors (Lipinski definition) is 2. The summed E-state index contributed by atoms with van der Waals surface area (Å²) in [5.41, 5.74) is 2.30. The van der Waals surface area contributed by atoms with Crippen LogP contribution < -0.4 is 10.2 Å². The molecule has 4 heterocycles. The molecule has 1 fully saturated rings. The molecule has 0 aromatic carbocycles. The highest BCUT2D eigenvalue weighted by Crippen LogP contribution is 2.25. The summed E-state index contributed by atoms with van der Waals surface area (Å²) >= 11 is 0.